The number of methoxy groups -OCH3 is 2. The van der Waals surface area contributed by atoms with Crippen LogP contribution in [0.4, 0.5) is 0 Å². The topological polar surface area (TPSA) is 47.1 Å². The van der Waals surface area contributed by atoms with Gasteiger partial charge >= 0.3 is 0 Å². The molecule has 1 N–H and O–H groups in total. The molecule has 0 aliphatic rings. The molecule has 106 valence electrons. The third-order valence-electron chi connectivity index (χ3n) is 3.36. The summed E-state index contributed by atoms with van der Waals surface area (Å²) in [5.41, 5.74) is 1.69. The average Bonchev–Trinajstić information content (AvgIpc) is 2.55. The molecule has 0 fully saturated rings. The first-order valence-corrected chi connectivity index (χ1v) is 6.85. The molecule has 4 nitrogen and oxygen atoms in total. The zero-order chi connectivity index (χ0) is 14.8. The zero-order valence-corrected chi connectivity index (χ0v) is 12.5. The van der Waals surface area contributed by atoms with Crippen LogP contribution in [0.1, 0.15) is 0 Å². The quantitative estimate of drug-likeness (QED) is 0.743. The second-order valence-corrected chi connectivity index (χ2v) is 4.92. The first kappa shape index (κ1) is 13.6. The molecule has 0 bridgehead atoms. The van der Waals surface area contributed by atoms with Gasteiger partial charge < -0.3 is 9.47 Å². The van der Waals surface area contributed by atoms with Gasteiger partial charge in [0.05, 0.1) is 14.2 Å². The summed E-state index contributed by atoms with van der Waals surface area (Å²) < 4.78 is 11.3. The number of H-pyrrole nitrogens is 1. The summed E-state index contributed by atoms with van der Waals surface area (Å²) in [4.78, 5) is 0. The Morgan fingerprint density at radius 1 is 1.00 bits per heavy atom. The third kappa shape index (κ3) is 2.36. The van der Waals surface area contributed by atoms with Crippen molar-refractivity contribution in [3.8, 4) is 22.8 Å². The van der Waals surface area contributed by atoms with Crippen LogP contribution in [0.3, 0.4) is 0 Å². The van der Waals surface area contributed by atoms with Gasteiger partial charge in [-0.3, -0.25) is 5.10 Å². The summed E-state index contributed by atoms with van der Waals surface area (Å²) in [5.74, 6) is 1.45. The molecule has 2 aromatic carbocycles. The fourth-order valence-corrected chi connectivity index (χ4v) is 2.54. The number of aromatic nitrogens is 2. The molecule has 0 saturated heterocycles. The van der Waals surface area contributed by atoms with Crippen LogP contribution in [0.5, 0.6) is 11.5 Å². The Labute approximate surface area is 127 Å². The van der Waals surface area contributed by atoms with Crippen LogP contribution in [0.25, 0.3) is 22.0 Å². The zero-order valence-electron chi connectivity index (χ0n) is 11.7. The van der Waals surface area contributed by atoms with E-state index in [1.165, 1.54) is 0 Å². The smallest absolute Gasteiger partial charge is 0.132 e. The van der Waals surface area contributed by atoms with Gasteiger partial charge in [-0.2, -0.15) is 5.10 Å². The fourth-order valence-electron chi connectivity index (χ4n) is 2.31. The maximum absolute atomic E-state index is 5.46. The molecule has 0 saturated carbocycles. The molecule has 1 aromatic heterocycles. The van der Waals surface area contributed by atoms with Gasteiger partial charge in [0.15, 0.2) is 0 Å². The molecule has 0 amide bonds. The van der Waals surface area contributed by atoms with Crippen molar-refractivity contribution in [2.45, 2.75) is 0 Å². The maximum Gasteiger partial charge on any atom is 0.132 e. The largest absolute Gasteiger partial charge is 0.497 e. The van der Waals surface area contributed by atoms with Crippen LogP contribution < -0.4 is 9.47 Å². The van der Waals surface area contributed by atoms with Gasteiger partial charge in [0, 0.05) is 22.4 Å². The van der Waals surface area contributed by atoms with Crippen molar-refractivity contribution in [3.05, 3.63) is 47.1 Å². The number of hydrogen-bond acceptors (Lipinski definition) is 4. The van der Waals surface area contributed by atoms with E-state index in [-0.39, 0.29) is 0 Å². The number of ether oxygens (including phenoxy) is 2. The first-order chi connectivity index (χ1) is 10.2. The lowest BCUT2D eigenvalue weighted by atomic mass is 10.0. The number of rotatable bonds is 3. The highest BCUT2D eigenvalue weighted by Gasteiger charge is 2.12. The summed E-state index contributed by atoms with van der Waals surface area (Å²) in [6.45, 7) is 0. The summed E-state index contributed by atoms with van der Waals surface area (Å²) >= 11 is 5.29. The Morgan fingerprint density at radius 3 is 2.48 bits per heavy atom. The van der Waals surface area contributed by atoms with E-state index in [0.29, 0.717) is 10.4 Å². The lowest BCUT2D eigenvalue weighted by Crippen LogP contribution is -1.95. The van der Waals surface area contributed by atoms with Crippen LogP contribution in [-0.2, 0) is 0 Å². The van der Waals surface area contributed by atoms with E-state index in [4.69, 9.17) is 21.7 Å². The SMILES string of the molecule is COc1ccc(-c2n[nH]c(=S)c3ccccc23)c(OC)c1. The fraction of sp³-hybridized carbons (Fsp3) is 0.125. The summed E-state index contributed by atoms with van der Waals surface area (Å²) in [7, 11) is 3.26. The van der Waals surface area contributed by atoms with Gasteiger partial charge in [0.25, 0.3) is 0 Å². The third-order valence-corrected chi connectivity index (χ3v) is 3.67. The number of fused-ring (bicyclic) bond motifs is 1. The molecule has 0 atom stereocenters. The number of nitrogens with zero attached hydrogens (tertiary/aromatic N) is 1. The van der Waals surface area contributed by atoms with Crippen molar-refractivity contribution in [2.24, 2.45) is 0 Å². The molecule has 0 radical (unpaired) electrons. The highest BCUT2D eigenvalue weighted by molar-refractivity contribution is 7.71. The molecule has 1 heterocycles. The Kier molecular flexibility index (Phi) is 3.58. The van der Waals surface area contributed by atoms with Gasteiger partial charge in [-0.25, -0.2) is 0 Å². The van der Waals surface area contributed by atoms with E-state index >= 15 is 0 Å². The number of nitrogens with one attached hydrogen (secondary N) is 1. The molecule has 0 aliphatic carbocycles. The molecule has 3 rings (SSSR count). The molecule has 0 aliphatic heterocycles. The first-order valence-electron chi connectivity index (χ1n) is 6.44. The lowest BCUT2D eigenvalue weighted by Gasteiger charge is -2.11. The predicted molar refractivity (Wildman–Crippen MR) is 85.5 cm³/mol. The molecule has 3 aromatic rings. The van der Waals surface area contributed by atoms with Gasteiger partial charge in [-0.15, -0.1) is 0 Å². The molecule has 0 spiro atoms. The minimum absolute atomic E-state index is 0.627. The van der Waals surface area contributed by atoms with Crippen LogP contribution in [-0.4, -0.2) is 24.4 Å². The molecule has 21 heavy (non-hydrogen) atoms. The molecule has 0 unspecified atom stereocenters. The Bertz CT molecular complexity index is 858. The van der Waals surface area contributed by atoms with Gasteiger partial charge in [-0.1, -0.05) is 36.5 Å². The van der Waals surface area contributed by atoms with Crippen LogP contribution in [0.2, 0.25) is 0 Å². The predicted octanol–water partition coefficient (Wildman–Crippen LogP) is 3.98. The minimum atomic E-state index is 0.627. The lowest BCUT2D eigenvalue weighted by molar-refractivity contribution is 0.395. The summed E-state index contributed by atoms with van der Waals surface area (Å²) in [6, 6.07) is 13.6. The number of benzene rings is 2. The summed E-state index contributed by atoms with van der Waals surface area (Å²) in [6.07, 6.45) is 0. The van der Waals surface area contributed by atoms with Crippen molar-refractivity contribution in [3.63, 3.8) is 0 Å². The Morgan fingerprint density at radius 2 is 1.76 bits per heavy atom. The van der Waals surface area contributed by atoms with Crippen LogP contribution >= 0.6 is 12.2 Å². The van der Waals surface area contributed by atoms with E-state index in [1.807, 2.05) is 42.5 Å². The highest BCUT2D eigenvalue weighted by Crippen LogP contribution is 2.35. The average molecular weight is 298 g/mol. The van der Waals surface area contributed by atoms with Gasteiger partial charge in [0.2, 0.25) is 0 Å². The second-order valence-electron chi connectivity index (χ2n) is 4.51. The van der Waals surface area contributed by atoms with E-state index < -0.39 is 0 Å². The summed E-state index contributed by atoms with van der Waals surface area (Å²) in [5, 5.41) is 9.25. The number of hydrogen-bond donors (Lipinski definition) is 1. The molecule has 5 heteroatoms. The minimum Gasteiger partial charge on any atom is -0.497 e. The van der Waals surface area contributed by atoms with E-state index in [0.717, 1.165) is 27.8 Å². The van der Waals surface area contributed by atoms with Crippen molar-refractivity contribution in [1.29, 1.82) is 0 Å². The normalized spacial score (nSPS) is 10.6. The van der Waals surface area contributed by atoms with E-state index in [2.05, 4.69) is 10.2 Å². The van der Waals surface area contributed by atoms with E-state index in [9.17, 15) is 0 Å². The maximum atomic E-state index is 5.46. The monoisotopic (exact) mass is 298 g/mol. The number of aromatic amines is 1. The van der Waals surface area contributed by atoms with E-state index in [1.54, 1.807) is 14.2 Å². The molecular weight excluding hydrogens is 284 g/mol. The van der Waals surface area contributed by atoms with Gasteiger partial charge in [-0.05, 0) is 12.1 Å². The van der Waals surface area contributed by atoms with Crippen molar-refractivity contribution < 1.29 is 9.47 Å². The molecular formula is C16H14N2O2S. The van der Waals surface area contributed by atoms with Crippen molar-refractivity contribution in [1.82, 2.24) is 10.2 Å². The standard InChI is InChI=1S/C16H14N2O2S/c1-19-10-7-8-13(14(9-10)20-2)15-11-5-3-4-6-12(11)16(21)18-17-15/h3-9H,1-2H3,(H,18,21). The van der Waals surface area contributed by atoms with Crippen molar-refractivity contribution >= 4 is 23.0 Å². The van der Waals surface area contributed by atoms with Crippen LogP contribution in [0.15, 0.2) is 42.5 Å². The van der Waals surface area contributed by atoms with Crippen LogP contribution in [0, 0.1) is 4.64 Å². The van der Waals surface area contributed by atoms with Gasteiger partial charge in [0.1, 0.15) is 21.8 Å². The Balaban J connectivity index is 2.31. The second kappa shape index (κ2) is 5.54. The van der Waals surface area contributed by atoms with Crippen molar-refractivity contribution in [2.75, 3.05) is 14.2 Å². The highest BCUT2D eigenvalue weighted by atomic mass is 32.1. The Hall–Kier alpha value is -2.40.